The average molecular weight is 443 g/mol. The van der Waals surface area contributed by atoms with E-state index in [0.29, 0.717) is 20.9 Å². The molecule has 0 radical (unpaired) electrons. The molecule has 7 nitrogen and oxygen atoms in total. The van der Waals surface area contributed by atoms with Crippen LogP contribution in [0, 0.1) is 0 Å². The average Bonchev–Trinajstić information content (AvgIpc) is 3.41. The van der Waals surface area contributed by atoms with Crippen LogP contribution in [0.4, 0.5) is 0 Å². The van der Waals surface area contributed by atoms with Gasteiger partial charge in [-0.25, -0.2) is 4.98 Å². The van der Waals surface area contributed by atoms with Crippen LogP contribution in [-0.4, -0.2) is 27.5 Å². The van der Waals surface area contributed by atoms with Crippen LogP contribution in [0.25, 0.3) is 20.7 Å². The zero-order valence-corrected chi connectivity index (χ0v) is 17.2. The first-order chi connectivity index (χ1) is 14.1. The van der Waals surface area contributed by atoms with Crippen LogP contribution >= 0.6 is 34.4 Å². The van der Waals surface area contributed by atoms with E-state index in [0.717, 1.165) is 22.2 Å². The maximum Gasteiger partial charge on any atom is 0.269 e. The van der Waals surface area contributed by atoms with Gasteiger partial charge in [-0.2, -0.15) is 0 Å². The topological polar surface area (TPSA) is 104 Å². The number of hydrogen-bond donors (Lipinski definition) is 3. The number of rotatable bonds is 5. The Balaban J connectivity index is 1.39. The van der Waals surface area contributed by atoms with Crippen molar-refractivity contribution in [3.63, 3.8) is 0 Å². The second-order valence-electron chi connectivity index (χ2n) is 5.83. The van der Waals surface area contributed by atoms with Gasteiger partial charge in [0.1, 0.15) is 4.83 Å². The smallest absolute Gasteiger partial charge is 0.269 e. The first-order valence-corrected chi connectivity index (χ1v) is 11.2. The third kappa shape index (κ3) is 4.39. The number of carbonyl (C=O) groups is 2. The standard InChI is InChI=1S/C19H14N4O3S3/c24-14(22-23-16(25)11-5-2-1-3-6-11)10-29-19-20-17(26)15-12(9-28-18(15)21-19)13-7-4-8-27-13/h1-9H,10H2,(H,22,24)(H,23,25)(H,20,21,26). The molecule has 0 atom stereocenters. The van der Waals surface area contributed by atoms with E-state index in [1.165, 1.54) is 11.3 Å². The van der Waals surface area contributed by atoms with Crippen LogP contribution in [0.1, 0.15) is 10.4 Å². The fourth-order valence-corrected chi connectivity index (χ4v) is 5.05. The van der Waals surface area contributed by atoms with E-state index >= 15 is 0 Å². The largest absolute Gasteiger partial charge is 0.301 e. The van der Waals surface area contributed by atoms with Crippen LogP contribution in [0.2, 0.25) is 0 Å². The fraction of sp³-hybridized carbons (Fsp3) is 0.0526. The number of carbonyl (C=O) groups excluding carboxylic acids is 2. The number of hydrazine groups is 1. The van der Waals surface area contributed by atoms with Gasteiger partial charge in [-0.15, -0.1) is 22.7 Å². The van der Waals surface area contributed by atoms with Gasteiger partial charge in [0.25, 0.3) is 11.5 Å². The Morgan fingerprint density at radius 3 is 2.66 bits per heavy atom. The summed E-state index contributed by atoms with van der Waals surface area (Å²) in [5.74, 6) is -0.823. The molecule has 1 aromatic carbocycles. The number of aromatic amines is 1. The van der Waals surface area contributed by atoms with Crippen LogP contribution in [0.15, 0.2) is 63.2 Å². The summed E-state index contributed by atoms with van der Waals surface area (Å²) in [4.78, 5) is 45.3. The Labute approximate surface area is 177 Å². The number of nitrogens with zero attached hydrogens (tertiary/aromatic N) is 1. The maximum atomic E-state index is 12.5. The third-order valence-corrected chi connectivity index (χ3v) is 6.55. The van der Waals surface area contributed by atoms with Gasteiger partial charge < -0.3 is 4.98 Å². The Kier molecular flexibility index (Phi) is 5.74. The van der Waals surface area contributed by atoms with Crippen molar-refractivity contribution in [2.45, 2.75) is 5.16 Å². The molecule has 3 heterocycles. The van der Waals surface area contributed by atoms with Crippen molar-refractivity contribution in [2.75, 3.05) is 5.75 Å². The molecule has 0 aliphatic carbocycles. The zero-order chi connectivity index (χ0) is 20.2. The molecular weight excluding hydrogens is 428 g/mol. The van der Waals surface area contributed by atoms with E-state index < -0.39 is 11.8 Å². The van der Waals surface area contributed by atoms with Crippen LogP contribution in [0.5, 0.6) is 0 Å². The molecule has 4 rings (SSSR count). The zero-order valence-electron chi connectivity index (χ0n) is 14.8. The highest BCUT2D eigenvalue weighted by molar-refractivity contribution is 7.99. The number of amides is 2. The van der Waals surface area contributed by atoms with Gasteiger partial charge in [0, 0.05) is 21.4 Å². The Morgan fingerprint density at radius 2 is 1.90 bits per heavy atom. The highest BCUT2D eigenvalue weighted by atomic mass is 32.2. The van der Waals surface area contributed by atoms with Crippen LogP contribution < -0.4 is 16.4 Å². The summed E-state index contributed by atoms with van der Waals surface area (Å²) in [6.45, 7) is 0. The van der Waals surface area contributed by atoms with Gasteiger partial charge in [0.15, 0.2) is 5.16 Å². The Morgan fingerprint density at radius 1 is 1.07 bits per heavy atom. The van der Waals surface area contributed by atoms with Gasteiger partial charge in [-0.05, 0) is 23.6 Å². The van der Waals surface area contributed by atoms with Gasteiger partial charge in [-0.1, -0.05) is 36.0 Å². The second-order valence-corrected chi connectivity index (χ2v) is 8.60. The normalized spacial score (nSPS) is 10.8. The minimum absolute atomic E-state index is 0.00727. The summed E-state index contributed by atoms with van der Waals surface area (Å²) in [5, 5.41) is 4.78. The lowest BCUT2D eigenvalue weighted by molar-refractivity contribution is -0.119. The molecule has 0 saturated carbocycles. The molecule has 2 amide bonds. The summed E-state index contributed by atoms with van der Waals surface area (Å²) in [6.07, 6.45) is 0. The molecule has 0 spiro atoms. The molecule has 4 aromatic rings. The molecule has 29 heavy (non-hydrogen) atoms. The van der Waals surface area contributed by atoms with Crippen molar-refractivity contribution in [1.29, 1.82) is 0 Å². The lowest BCUT2D eigenvalue weighted by atomic mass is 10.2. The molecule has 0 aliphatic rings. The highest BCUT2D eigenvalue weighted by Gasteiger charge is 2.14. The number of nitrogens with one attached hydrogen (secondary N) is 3. The number of fused-ring (bicyclic) bond motifs is 1. The lowest BCUT2D eigenvalue weighted by Gasteiger charge is -2.07. The maximum absolute atomic E-state index is 12.5. The number of benzene rings is 1. The molecule has 0 unspecified atom stereocenters. The van der Waals surface area contributed by atoms with E-state index in [4.69, 9.17) is 0 Å². The second kappa shape index (κ2) is 8.60. The van der Waals surface area contributed by atoms with E-state index in [-0.39, 0.29) is 11.3 Å². The number of thioether (sulfide) groups is 1. The molecule has 146 valence electrons. The van der Waals surface area contributed by atoms with E-state index in [9.17, 15) is 14.4 Å². The van der Waals surface area contributed by atoms with E-state index in [1.54, 1.807) is 41.7 Å². The summed E-state index contributed by atoms with van der Waals surface area (Å²) < 4.78 is 0. The van der Waals surface area contributed by atoms with Crippen molar-refractivity contribution in [1.82, 2.24) is 20.8 Å². The molecule has 3 aromatic heterocycles. The molecular formula is C19H14N4O3S3. The highest BCUT2D eigenvalue weighted by Crippen LogP contribution is 2.33. The van der Waals surface area contributed by atoms with Crippen molar-refractivity contribution < 1.29 is 9.59 Å². The third-order valence-electron chi connectivity index (χ3n) is 3.90. The SMILES string of the molecule is O=C(CSc1nc2scc(-c3cccs3)c2c(=O)[nH]1)NNC(=O)c1ccccc1. The Hall–Kier alpha value is -2.95. The van der Waals surface area contributed by atoms with Gasteiger partial charge in [0.05, 0.1) is 11.1 Å². The predicted octanol–water partition coefficient (Wildman–Crippen LogP) is 3.27. The first kappa shape index (κ1) is 19.4. The van der Waals surface area contributed by atoms with Gasteiger partial charge in [-0.3, -0.25) is 25.2 Å². The molecule has 3 N–H and O–H groups in total. The van der Waals surface area contributed by atoms with Crippen molar-refractivity contribution >= 4 is 56.5 Å². The summed E-state index contributed by atoms with van der Waals surface area (Å²) in [5.41, 5.74) is 5.78. The minimum Gasteiger partial charge on any atom is -0.301 e. The molecule has 0 aliphatic heterocycles. The van der Waals surface area contributed by atoms with Crippen molar-refractivity contribution in [2.24, 2.45) is 0 Å². The summed E-state index contributed by atoms with van der Waals surface area (Å²) in [7, 11) is 0. The van der Waals surface area contributed by atoms with Crippen molar-refractivity contribution in [3.8, 4) is 10.4 Å². The minimum atomic E-state index is -0.410. The lowest BCUT2D eigenvalue weighted by Crippen LogP contribution is -2.42. The van der Waals surface area contributed by atoms with Gasteiger partial charge in [0.2, 0.25) is 5.91 Å². The van der Waals surface area contributed by atoms with E-state index in [2.05, 4.69) is 20.8 Å². The summed E-state index contributed by atoms with van der Waals surface area (Å²) >= 11 is 4.04. The molecule has 0 fully saturated rings. The van der Waals surface area contributed by atoms with Crippen LogP contribution in [0.3, 0.4) is 0 Å². The molecule has 0 bridgehead atoms. The summed E-state index contributed by atoms with van der Waals surface area (Å²) in [6, 6.07) is 12.5. The number of hydrogen-bond acceptors (Lipinski definition) is 7. The van der Waals surface area contributed by atoms with E-state index in [1.807, 2.05) is 22.9 Å². The van der Waals surface area contributed by atoms with Crippen molar-refractivity contribution in [3.05, 3.63) is 69.1 Å². The quantitative estimate of drug-likeness (QED) is 0.250. The first-order valence-electron chi connectivity index (χ1n) is 8.44. The number of aromatic nitrogens is 2. The Bertz CT molecular complexity index is 1220. The number of thiophene rings is 2. The number of H-pyrrole nitrogens is 1. The van der Waals surface area contributed by atoms with Crippen LogP contribution in [-0.2, 0) is 4.79 Å². The fourth-order valence-electron chi connectivity index (χ4n) is 2.57. The van der Waals surface area contributed by atoms with Gasteiger partial charge >= 0.3 is 0 Å². The monoisotopic (exact) mass is 442 g/mol. The predicted molar refractivity (Wildman–Crippen MR) is 116 cm³/mol. The molecule has 0 saturated heterocycles. The molecule has 10 heteroatoms.